The quantitative estimate of drug-likeness (QED) is 0.664. The van der Waals surface area contributed by atoms with Crippen LogP contribution in [0.1, 0.15) is 48.9 Å². The molecule has 2 amide bonds. The Labute approximate surface area is 169 Å². The highest BCUT2D eigenvalue weighted by Crippen LogP contribution is 2.14. The Morgan fingerprint density at radius 3 is 2.00 bits per heavy atom. The van der Waals surface area contributed by atoms with Crippen molar-refractivity contribution in [1.82, 2.24) is 10.2 Å². The first kappa shape index (κ1) is 21.7. The minimum Gasteiger partial charge on any atom is -0.354 e. The van der Waals surface area contributed by atoms with Gasteiger partial charge in [0.1, 0.15) is 6.04 Å². The molecule has 1 N–H and O–H groups in total. The number of unbranched alkanes of at least 4 members (excludes halogenated alkanes) is 1. The Balaban J connectivity index is 2.15. The maximum Gasteiger partial charge on any atom is 0.242 e. The second-order valence-corrected chi connectivity index (χ2v) is 7.49. The Morgan fingerprint density at radius 1 is 0.929 bits per heavy atom. The molecule has 0 heterocycles. The number of amides is 2. The summed E-state index contributed by atoms with van der Waals surface area (Å²) in [6, 6.07) is 15.5. The molecule has 0 fully saturated rings. The van der Waals surface area contributed by atoms with E-state index in [1.165, 1.54) is 5.56 Å². The van der Waals surface area contributed by atoms with Crippen molar-refractivity contribution in [3.8, 4) is 0 Å². The number of benzene rings is 2. The summed E-state index contributed by atoms with van der Waals surface area (Å²) in [5.41, 5.74) is 4.32. The largest absolute Gasteiger partial charge is 0.354 e. The minimum absolute atomic E-state index is 0.0393. The van der Waals surface area contributed by atoms with Gasteiger partial charge in [-0.1, -0.05) is 73.0 Å². The molecule has 2 aromatic carbocycles. The van der Waals surface area contributed by atoms with Crippen molar-refractivity contribution in [2.75, 3.05) is 6.54 Å². The number of carbonyl (C=O) groups is 2. The molecule has 1 unspecified atom stereocenters. The van der Waals surface area contributed by atoms with Gasteiger partial charge in [-0.2, -0.15) is 0 Å². The first-order valence-electron chi connectivity index (χ1n) is 10.1. The molecule has 1 atom stereocenters. The molecule has 150 valence electrons. The SMILES string of the molecule is CCCCNC(=O)C(C)N(Cc1ccc(C)cc1)C(=O)Cc1ccc(C)cc1. The van der Waals surface area contributed by atoms with E-state index in [2.05, 4.69) is 12.2 Å². The third kappa shape index (κ3) is 6.52. The van der Waals surface area contributed by atoms with Crippen molar-refractivity contribution >= 4 is 11.8 Å². The number of hydrogen-bond donors (Lipinski definition) is 1. The van der Waals surface area contributed by atoms with Gasteiger partial charge < -0.3 is 10.2 Å². The number of rotatable bonds is 9. The zero-order chi connectivity index (χ0) is 20.5. The molecular weight excluding hydrogens is 348 g/mol. The third-order valence-electron chi connectivity index (χ3n) is 4.95. The number of nitrogens with zero attached hydrogens (tertiary/aromatic N) is 1. The van der Waals surface area contributed by atoms with E-state index in [-0.39, 0.29) is 11.8 Å². The van der Waals surface area contributed by atoms with Crippen LogP contribution in [0.25, 0.3) is 0 Å². The van der Waals surface area contributed by atoms with Gasteiger partial charge in [0, 0.05) is 13.1 Å². The molecule has 0 bridgehead atoms. The van der Waals surface area contributed by atoms with E-state index in [1.807, 2.05) is 69.3 Å². The van der Waals surface area contributed by atoms with E-state index >= 15 is 0 Å². The number of aryl methyl sites for hydroxylation is 2. The number of carbonyl (C=O) groups excluding carboxylic acids is 2. The summed E-state index contributed by atoms with van der Waals surface area (Å²) in [5, 5.41) is 2.95. The van der Waals surface area contributed by atoms with Crippen molar-refractivity contribution in [2.45, 2.75) is 59.5 Å². The van der Waals surface area contributed by atoms with Gasteiger partial charge in [-0.3, -0.25) is 9.59 Å². The summed E-state index contributed by atoms with van der Waals surface area (Å²) in [5.74, 6) is -0.139. The monoisotopic (exact) mass is 380 g/mol. The molecule has 28 heavy (non-hydrogen) atoms. The lowest BCUT2D eigenvalue weighted by Crippen LogP contribution is -2.48. The Morgan fingerprint density at radius 2 is 1.46 bits per heavy atom. The summed E-state index contributed by atoms with van der Waals surface area (Å²) >= 11 is 0. The second-order valence-electron chi connectivity index (χ2n) is 7.49. The van der Waals surface area contributed by atoms with Gasteiger partial charge in [-0.15, -0.1) is 0 Å². The van der Waals surface area contributed by atoms with Gasteiger partial charge in [0.15, 0.2) is 0 Å². The van der Waals surface area contributed by atoms with Crippen molar-refractivity contribution in [3.05, 3.63) is 70.8 Å². The van der Waals surface area contributed by atoms with Crippen LogP contribution in [0, 0.1) is 13.8 Å². The van der Waals surface area contributed by atoms with Crippen molar-refractivity contribution < 1.29 is 9.59 Å². The maximum atomic E-state index is 13.1. The summed E-state index contributed by atoms with van der Waals surface area (Å²) in [6.45, 7) is 9.02. The average Bonchev–Trinajstić information content (AvgIpc) is 2.68. The molecule has 2 aromatic rings. The van der Waals surface area contributed by atoms with Gasteiger partial charge in [0.25, 0.3) is 0 Å². The second kappa shape index (κ2) is 10.6. The normalized spacial score (nSPS) is 11.7. The van der Waals surface area contributed by atoms with E-state index < -0.39 is 6.04 Å². The van der Waals surface area contributed by atoms with Crippen molar-refractivity contribution in [2.24, 2.45) is 0 Å². The molecule has 2 rings (SSSR count). The smallest absolute Gasteiger partial charge is 0.242 e. The van der Waals surface area contributed by atoms with Gasteiger partial charge >= 0.3 is 0 Å². The van der Waals surface area contributed by atoms with Crippen LogP contribution in [0.5, 0.6) is 0 Å². The lowest BCUT2D eigenvalue weighted by atomic mass is 10.1. The van der Waals surface area contributed by atoms with E-state index in [9.17, 15) is 9.59 Å². The standard InChI is InChI=1S/C24H32N2O2/c1-5-6-15-25-24(28)20(4)26(17-22-13-9-19(3)10-14-22)23(27)16-21-11-7-18(2)8-12-21/h7-14,20H,5-6,15-17H2,1-4H3,(H,25,28). The Kier molecular flexibility index (Phi) is 8.24. The first-order valence-corrected chi connectivity index (χ1v) is 10.1. The maximum absolute atomic E-state index is 13.1. The fourth-order valence-corrected chi connectivity index (χ4v) is 2.99. The highest BCUT2D eigenvalue weighted by molar-refractivity contribution is 5.88. The molecule has 0 radical (unpaired) electrons. The zero-order valence-electron chi connectivity index (χ0n) is 17.5. The van der Waals surface area contributed by atoms with Gasteiger partial charge in [0.2, 0.25) is 11.8 Å². The van der Waals surface area contributed by atoms with E-state index in [4.69, 9.17) is 0 Å². The van der Waals surface area contributed by atoms with Crippen LogP contribution in [-0.2, 0) is 22.6 Å². The molecule has 4 heteroatoms. The van der Waals surface area contributed by atoms with Gasteiger partial charge in [0.05, 0.1) is 6.42 Å². The van der Waals surface area contributed by atoms with Crippen LogP contribution in [0.2, 0.25) is 0 Å². The minimum atomic E-state index is -0.517. The first-order chi connectivity index (χ1) is 13.4. The highest BCUT2D eigenvalue weighted by Gasteiger charge is 2.26. The Bertz CT molecular complexity index is 766. The fourth-order valence-electron chi connectivity index (χ4n) is 2.99. The molecule has 0 aliphatic heterocycles. The van der Waals surface area contributed by atoms with E-state index in [0.717, 1.165) is 29.5 Å². The third-order valence-corrected chi connectivity index (χ3v) is 4.95. The molecule has 4 nitrogen and oxygen atoms in total. The van der Waals surface area contributed by atoms with Crippen LogP contribution in [0.3, 0.4) is 0 Å². The molecule has 0 aromatic heterocycles. The van der Waals surface area contributed by atoms with Crippen LogP contribution < -0.4 is 5.32 Å². The van der Waals surface area contributed by atoms with Crippen LogP contribution in [-0.4, -0.2) is 29.3 Å². The van der Waals surface area contributed by atoms with Gasteiger partial charge in [-0.25, -0.2) is 0 Å². The van der Waals surface area contributed by atoms with Crippen LogP contribution >= 0.6 is 0 Å². The lowest BCUT2D eigenvalue weighted by Gasteiger charge is -2.29. The number of nitrogens with one attached hydrogen (secondary N) is 1. The average molecular weight is 381 g/mol. The predicted octanol–water partition coefficient (Wildman–Crippen LogP) is 4.18. The summed E-state index contributed by atoms with van der Waals surface area (Å²) in [6.07, 6.45) is 2.25. The van der Waals surface area contributed by atoms with Crippen molar-refractivity contribution in [3.63, 3.8) is 0 Å². The van der Waals surface area contributed by atoms with Gasteiger partial charge in [-0.05, 0) is 38.3 Å². The molecule has 0 saturated carbocycles. The summed E-state index contributed by atoms with van der Waals surface area (Å²) in [4.78, 5) is 27.4. The Hall–Kier alpha value is -2.62. The molecule has 0 spiro atoms. The van der Waals surface area contributed by atoms with Crippen LogP contribution in [0.15, 0.2) is 48.5 Å². The zero-order valence-corrected chi connectivity index (χ0v) is 17.5. The van der Waals surface area contributed by atoms with Crippen LogP contribution in [0.4, 0.5) is 0 Å². The molecule has 0 aliphatic rings. The lowest BCUT2D eigenvalue weighted by molar-refractivity contribution is -0.140. The fraction of sp³-hybridized carbons (Fsp3) is 0.417. The van der Waals surface area contributed by atoms with Crippen molar-refractivity contribution in [1.29, 1.82) is 0 Å². The van der Waals surface area contributed by atoms with E-state index in [1.54, 1.807) is 4.90 Å². The molecule has 0 aliphatic carbocycles. The number of hydrogen-bond acceptors (Lipinski definition) is 2. The molecule has 0 saturated heterocycles. The molecular formula is C24H32N2O2. The predicted molar refractivity (Wildman–Crippen MR) is 114 cm³/mol. The van der Waals surface area contributed by atoms with E-state index in [0.29, 0.717) is 19.5 Å². The summed E-state index contributed by atoms with van der Waals surface area (Å²) in [7, 11) is 0. The summed E-state index contributed by atoms with van der Waals surface area (Å²) < 4.78 is 0. The highest BCUT2D eigenvalue weighted by atomic mass is 16.2. The topological polar surface area (TPSA) is 49.4 Å².